The highest BCUT2D eigenvalue weighted by Crippen LogP contribution is 2.33. The van der Waals surface area contributed by atoms with Gasteiger partial charge in [0.05, 0.1) is 10.6 Å². The van der Waals surface area contributed by atoms with Crippen LogP contribution in [0.1, 0.15) is 31.2 Å². The maximum atomic E-state index is 12.5. The molecule has 106 valence electrons. The summed E-state index contributed by atoms with van der Waals surface area (Å²) in [5.41, 5.74) is 5.11. The van der Waals surface area contributed by atoms with Crippen molar-refractivity contribution in [3.63, 3.8) is 0 Å². The number of hydrogen-bond acceptors (Lipinski definition) is 3. The summed E-state index contributed by atoms with van der Waals surface area (Å²) in [7, 11) is 0. The van der Waals surface area contributed by atoms with Crippen molar-refractivity contribution in [1.82, 2.24) is 4.98 Å². The normalized spacial score (nSPS) is 24.3. The van der Waals surface area contributed by atoms with Crippen molar-refractivity contribution in [2.75, 3.05) is 5.32 Å². The standard InChI is InChI=1S/C12H15ClF3N3/c13-8-5-7(12(14,15)16)6-18-11(8)19-10-4-2-1-3-9(10)17/h5-6,9-10H,1-4,17H2,(H,18,19)/t9-,10+/m1/s1. The van der Waals surface area contributed by atoms with Crippen molar-refractivity contribution < 1.29 is 13.2 Å². The Morgan fingerprint density at radius 3 is 2.58 bits per heavy atom. The highest BCUT2D eigenvalue weighted by atomic mass is 35.5. The van der Waals surface area contributed by atoms with Gasteiger partial charge in [0, 0.05) is 18.3 Å². The zero-order valence-corrected chi connectivity index (χ0v) is 10.9. The molecule has 2 atom stereocenters. The molecule has 3 nitrogen and oxygen atoms in total. The highest BCUT2D eigenvalue weighted by molar-refractivity contribution is 6.33. The number of pyridine rings is 1. The van der Waals surface area contributed by atoms with E-state index in [-0.39, 0.29) is 22.9 Å². The van der Waals surface area contributed by atoms with E-state index in [0.717, 1.165) is 37.9 Å². The van der Waals surface area contributed by atoms with Crippen LogP contribution in [0.2, 0.25) is 5.02 Å². The van der Waals surface area contributed by atoms with Gasteiger partial charge in [0.2, 0.25) is 0 Å². The fourth-order valence-electron chi connectivity index (χ4n) is 2.21. The van der Waals surface area contributed by atoms with Crippen LogP contribution < -0.4 is 11.1 Å². The number of anilines is 1. The molecule has 2 rings (SSSR count). The molecule has 0 bridgehead atoms. The minimum Gasteiger partial charge on any atom is -0.365 e. The number of nitrogens with two attached hydrogens (primary N) is 1. The summed E-state index contributed by atoms with van der Waals surface area (Å²) >= 11 is 5.84. The predicted octanol–water partition coefficient (Wildman–Crippen LogP) is 3.44. The molecule has 0 unspecified atom stereocenters. The molecule has 0 spiro atoms. The van der Waals surface area contributed by atoms with Crippen LogP contribution in [0.4, 0.5) is 19.0 Å². The topological polar surface area (TPSA) is 50.9 Å². The first-order chi connectivity index (χ1) is 8.88. The molecule has 19 heavy (non-hydrogen) atoms. The largest absolute Gasteiger partial charge is 0.417 e. The smallest absolute Gasteiger partial charge is 0.365 e. The number of alkyl halides is 3. The van der Waals surface area contributed by atoms with Gasteiger partial charge in [-0.3, -0.25) is 0 Å². The Morgan fingerprint density at radius 1 is 1.32 bits per heavy atom. The summed E-state index contributed by atoms with van der Waals surface area (Å²) in [6.45, 7) is 0. The van der Waals surface area contributed by atoms with Crippen molar-refractivity contribution in [2.24, 2.45) is 5.73 Å². The summed E-state index contributed by atoms with van der Waals surface area (Å²) in [6, 6.07) is 0.870. The van der Waals surface area contributed by atoms with E-state index < -0.39 is 11.7 Å². The molecular weight excluding hydrogens is 279 g/mol. The second-order valence-electron chi connectivity index (χ2n) is 4.75. The van der Waals surface area contributed by atoms with Gasteiger partial charge in [0.25, 0.3) is 0 Å². The molecule has 1 aromatic rings. The lowest BCUT2D eigenvalue weighted by atomic mass is 9.91. The molecule has 3 N–H and O–H groups in total. The van der Waals surface area contributed by atoms with Gasteiger partial charge in [0.15, 0.2) is 0 Å². The van der Waals surface area contributed by atoms with E-state index in [4.69, 9.17) is 17.3 Å². The van der Waals surface area contributed by atoms with E-state index in [1.54, 1.807) is 0 Å². The Labute approximate surface area is 114 Å². The number of nitrogens with one attached hydrogen (secondary N) is 1. The van der Waals surface area contributed by atoms with Crippen LogP contribution in [0.25, 0.3) is 0 Å². The lowest BCUT2D eigenvalue weighted by Crippen LogP contribution is -2.42. The highest BCUT2D eigenvalue weighted by Gasteiger charge is 2.32. The first kappa shape index (κ1) is 14.4. The molecule has 1 heterocycles. The summed E-state index contributed by atoms with van der Waals surface area (Å²) in [6.07, 6.45) is 0.242. The second kappa shape index (κ2) is 5.54. The van der Waals surface area contributed by atoms with E-state index in [1.165, 1.54) is 0 Å². The third kappa shape index (κ3) is 3.51. The Morgan fingerprint density at radius 2 is 2.00 bits per heavy atom. The van der Waals surface area contributed by atoms with Crippen LogP contribution in [-0.4, -0.2) is 17.1 Å². The molecule has 0 saturated heterocycles. The summed E-state index contributed by atoms with van der Waals surface area (Å²) in [5.74, 6) is 0.261. The third-order valence-electron chi connectivity index (χ3n) is 3.31. The number of halogens is 4. The van der Waals surface area contributed by atoms with Crippen LogP contribution in [0.15, 0.2) is 12.3 Å². The van der Waals surface area contributed by atoms with Crippen LogP contribution in [0.3, 0.4) is 0 Å². The van der Waals surface area contributed by atoms with Crippen LogP contribution in [-0.2, 0) is 6.18 Å². The van der Waals surface area contributed by atoms with Gasteiger partial charge in [-0.25, -0.2) is 4.98 Å². The van der Waals surface area contributed by atoms with Gasteiger partial charge in [-0.05, 0) is 18.9 Å². The first-order valence-electron chi connectivity index (χ1n) is 6.13. The SMILES string of the molecule is N[C@@H]1CCCC[C@@H]1Nc1ncc(C(F)(F)F)cc1Cl. The van der Waals surface area contributed by atoms with Crippen molar-refractivity contribution >= 4 is 17.4 Å². The monoisotopic (exact) mass is 293 g/mol. The molecule has 0 radical (unpaired) electrons. The van der Waals surface area contributed by atoms with Crippen molar-refractivity contribution in [3.8, 4) is 0 Å². The van der Waals surface area contributed by atoms with E-state index >= 15 is 0 Å². The van der Waals surface area contributed by atoms with Crippen LogP contribution in [0, 0.1) is 0 Å². The predicted molar refractivity (Wildman–Crippen MR) is 68.1 cm³/mol. The zero-order chi connectivity index (χ0) is 14.0. The molecule has 1 saturated carbocycles. The number of nitrogens with zero attached hydrogens (tertiary/aromatic N) is 1. The summed E-state index contributed by atoms with van der Waals surface area (Å²) < 4.78 is 37.4. The number of hydrogen-bond donors (Lipinski definition) is 2. The Hall–Kier alpha value is -1.01. The minimum atomic E-state index is -4.43. The molecule has 0 aliphatic heterocycles. The Balaban J connectivity index is 2.13. The third-order valence-corrected chi connectivity index (χ3v) is 3.60. The van der Waals surface area contributed by atoms with Gasteiger partial charge in [-0.2, -0.15) is 13.2 Å². The molecule has 7 heteroatoms. The van der Waals surface area contributed by atoms with E-state index in [1.807, 2.05) is 0 Å². The van der Waals surface area contributed by atoms with Gasteiger partial charge in [0.1, 0.15) is 5.82 Å². The van der Waals surface area contributed by atoms with E-state index in [0.29, 0.717) is 0 Å². The summed E-state index contributed by atoms with van der Waals surface area (Å²) in [4.78, 5) is 3.75. The van der Waals surface area contributed by atoms with Crippen molar-refractivity contribution in [1.29, 1.82) is 0 Å². The van der Waals surface area contributed by atoms with Gasteiger partial charge < -0.3 is 11.1 Å². The fourth-order valence-corrected chi connectivity index (χ4v) is 2.43. The van der Waals surface area contributed by atoms with Crippen molar-refractivity contribution in [3.05, 3.63) is 22.8 Å². The molecule has 1 fully saturated rings. The molecule has 1 aliphatic rings. The van der Waals surface area contributed by atoms with Gasteiger partial charge in [-0.1, -0.05) is 24.4 Å². The Kier molecular flexibility index (Phi) is 4.20. The average molecular weight is 294 g/mol. The average Bonchev–Trinajstić information content (AvgIpc) is 2.33. The fraction of sp³-hybridized carbons (Fsp3) is 0.583. The number of rotatable bonds is 2. The quantitative estimate of drug-likeness (QED) is 0.878. The molecule has 0 aromatic carbocycles. The summed E-state index contributed by atoms with van der Waals surface area (Å²) in [5, 5.41) is 3.01. The lowest BCUT2D eigenvalue weighted by Gasteiger charge is -2.30. The van der Waals surface area contributed by atoms with Crippen molar-refractivity contribution in [2.45, 2.75) is 43.9 Å². The van der Waals surface area contributed by atoms with Crippen LogP contribution >= 0.6 is 11.6 Å². The molecule has 1 aromatic heterocycles. The first-order valence-corrected chi connectivity index (χ1v) is 6.50. The van der Waals surface area contributed by atoms with Crippen LogP contribution in [0.5, 0.6) is 0 Å². The van der Waals surface area contributed by atoms with E-state index in [9.17, 15) is 13.2 Å². The molecular formula is C12H15ClF3N3. The maximum absolute atomic E-state index is 12.5. The molecule has 1 aliphatic carbocycles. The maximum Gasteiger partial charge on any atom is 0.417 e. The van der Waals surface area contributed by atoms with Gasteiger partial charge in [-0.15, -0.1) is 0 Å². The second-order valence-corrected chi connectivity index (χ2v) is 5.16. The van der Waals surface area contributed by atoms with E-state index in [2.05, 4.69) is 10.3 Å². The van der Waals surface area contributed by atoms with Gasteiger partial charge >= 0.3 is 6.18 Å². The number of aromatic nitrogens is 1. The Bertz CT molecular complexity index is 450. The lowest BCUT2D eigenvalue weighted by molar-refractivity contribution is -0.137. The molecule has 0 amide bonds. The zero-order valence-electron chi connectivity index (χ0n) is 10.2. The minimum absolute atomic E-state index is 0.00971.